The number of aromatic nitrogens is 1. The lowest BCUT2D eigenvalue weighted by atomic mass is 10.0. The van der Waals surface area contributed by atoms with Crippen LogP contribution in [0.1, 0.15) is 37.1 Å². The maximum atomic E-state index is 12.6. The fourth-order valence-corrected chi connectivity index (χ4v) is 1.41. The van der Waals surface area contributed by atoms with Crippen LogP contribution in [0.5, 0.6) is 0 Å². The van der Waals surface area contributed by atoms with Gasteiger partial charge in [-0.25, -0.2) is 0 Å². The molecule has 0 aliphatic heterocycles. The van der Waals surface area contributed by atoms with E-state index >= 15 is 0 Å². The van der Waals surface area contributed by atoms with Crippen LogP contribution >= 0.6 is 0 Å². The smallest absolute Gasteiger partial charge is 0.304 e. The molecule has 2 nitrogen and oxygen atoms in total. The molecule has 0 spiro atoms. The topological polar surface area (TPSA) is 24.9 Å². The van der Waals surface area contributed by atoms with Crippen molar-refractivity contribution in [2.24, 2.45) is 0 Å². The predicted molar refractivity (Wildman–Crippen MR) is 56.2 cm³/mol. The lowest BCUT2D eigenvalue weighted by Gasteiger charge is -2.19. The molecule has 1 N–H and O–H groups in total. The number of halogens is 3. The zero-order valence-corrected chi connectivity index (χ0v) is 9.47. The van der Waals surface area contributed by atoms with Crippen molar-refractivity contribution in [2.75, 3.05) is 7.05 Å². The Morgan fingerprint density at radius 2 is 1.88 bits per heavy atom. The van der Waals surface area contributed by atoms with E-state index in [-0.39, 0.29) is 11.6 Å². The van der Waals surface area contributed by atoms with Crippen molar-refractivity contribution in [3.8, 4) is 0 Å². The zero-order chi connectivity index (χ0) is 12.3. The van der Waals surface area contributed by atoms with Crippen molar-refractivity contribution in [1.29, 1.82) is 0 Å². The quantitative estimate of drug-likeness (QED) is 0.866. The number of hydrogen-bond acceptors (Lipinski definition) is 2. The van der Waals surface area contributed by atoms with Gasteiger partial charge in [-0.15, -0.1) is 0 Å². The lowest BCUT2D eigenvalue weighted by Crippen LogP contribution is -2.32. The second-order valence-electron chi connectivity index (χ2n) is 3.93. The van der Waals surface area contributed by atoms with Gasteiger partial charge in [-0.3, -0.25) is 4.98 Å². The van der Waals surface area contributed by atoms with Crippen molar-refractivity contribution in [3.05, 3.63) is 29.6 Å². The van der Waals surface area contributed by atoms with Gasteiger partial charge in [0.05, 0.1) is 5.69 Å². The van der Waals surface area contributed by atoms with Crippen LogP contribution in [-0.2, 0) is 0 Å². The van der Waals surface area contributed by atoms with Crippen molar-refractivity contribution in [1.82, 2.24) is 10.3 Å². The Balaban J connectivity index is 2.96. The Labute approximate surface area is 92.9 Å². The maximum Gasteiger partial charge on any atom is 0.409 e. The van der Waals surface area contributed by atoms with Crippen molar-refractivity contribution in [2.45, 2.75) is 32.0 Å². The Morgan fingerprint density at radius 1 is 1.25 bits per heavy atom. The number of pyridine rings is 1. The average molecular weight is 232 g/mol. The average Bonchev–Trinajstić information content (AvgIpc) is 2.17. The van der Waals surface area contributed by atoms with E-state index in [0.29, 0.717) is 0 Å². The van der Waals surface area contributed by atoms with E-state index in [1.54, 1.807) is 6.07 Å². The van der Waals surface area contributed by atoms with E-state index < -0.39 is 12.2 Å². The zero-order valence-electron chi connectivity index (χ0n) is 9.47. The normalized spacial score (nSPS) is 14.2. The summed E-state index contributed by atoms with van der Waals surface area (Å²) in [5, 5.41) is 2.22. The summed E-state index contributed by atoms with van der Waals surface area (Å²) >= 11 is 0. The molecule has 1 aromatic rings. The van der Waals surface area contributed by atoms with Crippen LogP contribution in [0.4, 0.5) is 13.2 Å². The summed E-state index contributed by atoms with van der Waals surface area (Å²) in [5.74, 6) is 0.264. The summed E-state index contributed by atoms with van der Waals surface area (Å²) in [6.07, 6.45) is -2.82. The van der Waals surface area contributed by atoms with Crippen molar-refractivity contribution >= 4 is 0 Å². The molecular formula is C11H15F3N2. The van der Waals surface area contributed by atoms with Gasteiger partial charge in [0.2, 0.25) is 0 Å². The summed E-state index contributed by atoms with van der Waals surface area (Å²) < 4.78 is 37.7. The molecule has 0 amide bonds. The van der Waals surface area contributed by atoms with Crippen LogP contribution in [0.3, 0.4) is 0 Å². The van der Waals surface area contributed by atoms with Gasteiger partial charge in [-0.1, -0.05) is 19.9 Å². The summed E-state index contributed by atoms with van der Waals surface area (Å²) in [6.45, 7) is 3.94. The van der Waals surface area contributed by atoms with Gasteiger partial charge in [0, 0.05) is 6.20 Å². The Morgan fingerprint density at radius 3 is 2.19 bits per heavy atom. The Kier molecular flexibility index (Phi) is 3.91. The molecule has 5 heteroatoms. The first-order chi connectivity index (χ1) is 7.36. The minimum atomic E-state index is -4.32. The minimum Gasteiger partial charge on any atom is -0.304 e. The predicted octanol–water partition coefficient (Wildman–Crippen LogP) is 3.03. The molecule has 0 saturated heterocycles. The molecule has 1 unspecified atom stereocenters. The van der Waals surface area contributed by atoms with Gasteiger partial charge in [0.25, 0.3) is 0 Å². The monoisotopic (exact) mass is 232 g/mol. The van der Waals surface area contributed by atoms with Gasteiger partial charge in [-0.2, -0.15) is 13.2 Å². The summed E-state index contributed by atoms with van der Waals surface area (Å²) in [7, 11) is 1.27. The molecule has 0 saturated carbocycles. The van der Waals surface area contributed by atoms with E-state index in [0.717, 1.165) is 5.56 Å². The first kappa shape index (κ1) is 13.0. The van der Waals surface area contributed by atoms with E-state index in [1.165, 1.54) is 19.3 Å². The maximum absolute atomic E-state index is 12.6. The van der Waals surface area contributed by atoms with E-state index in [2.05, 4.69) is 10.3 Å². The molecule has 0 fully saturated rings. The van der Waals surface area contributed by atoms with Gasteiger partial charge in [0.15, 0.2) is 0 Å². The Bertz CT molecular complexity index is 330. The van der Waals surface area contributed by atoms with Crippen LogP contribution in [0, 0.1) is 0 Å². The minimum absolute atomic E-state index is 0.000556. The molecule has 16 heavy (non-hydrogen) atoms. The van der Waals surface area contributed by atoms with Gasteiger partial charge in [0.1, 0.15) is 6.04 Å². The van der Waals surface area contributed by atoms with Crippen LogP contribution in [0.25, 0.3) is 0 Å². The third-order valence-electron chi connectivity index (χ3n) is 2.39. The van der Waals surface area contributed by atoms with Crippen molar-refractivity contribution < 1.29 is 13.2 Å². The molecule has 90 valence electrons. The fraction of sp³-hybridized carbons (Fsp3) is 0.545. The number of alkyl halides is 3. The number of nitrogens with zero attached hydrogens (tertiary/aromatic N) is 1. The molecule has 0 aromatic carbocycles. The Hall–Kier alpha value is -1.10. The standard InChI is InChI=1S/C11H15F3N2/c1-7(2)8-4-5-9(16-6-8)10(15-3)11(12,13)14/h4-7,10,15H,1-3H3. The van der Waals surface area contributed by atoms with Crippen LogP contribution in [0.15, 0.2) is 18.3 Å². The SMILES string of the molecule is CNC(c1ccc(C(C)C)cn1)C(F)(F)F. The highest BCUT2D eigenvalue weighted by Crippen LogP contribution is 2.31. The van der Waals surface area contributed by atoms with Crippen LogP contribution < -0.4 is 5.32 Å². The van der Waals surface area contributed by atoms with Gasteiger partial charge >= 0.3 is 6.18 Å². The van der Waals surface area contributed by atoms with E-state index in [9.17, 15) is 13.2 Å². The summed E-state index contributed by atoms with van der Waals surface area (Å²) in [6, 6.07) is 1.40. The highest BCUT2D eigenvalue weighted by atomic mass is 19.4. The summed E-state index contributed by atoms with van der Waals surface area (Å²) in [5.41, 5.74) is 0.931. The van der Waals surface area contributed by atoms with E-state index in [1.807, 2.05) is 13.8 Å². The highest BCUT2D eigenvalue weighted by Gasteiger charge is 2.40. The second kappa shape index (κ2) is 4.82. The molecule has 1 atom stereocenters. The van der Waals surface area contributed by atoms with Crippen LogP contribution in [-0.4, -0.2) is 18.2 Å². The molecule has 0 aliphatic carbocycles. The molecule has 1 aromatic heterocycles. The molecule has 0 radical (unpaired) electrons. The number of nitrogens with one attached hydrogen (secondary N) is 1. The third kappa shape index (κ3) is 2.95. The molecule has 1 rings (SSSR count). The number of rotatable bonds is 3. The number of hydrogen-bond donors (Lipinski definition) is 1. The summed E-state index contributed by atoms with van der Waals surface area (Å²) in [4.78, 5) is 3.86. The largest absolute Gasteiger partial charge is 0.409 e. The molecule has 1 heterocycles. The molecular weight excluding hydrogens is 217 g/mol. The fourth-order valence-electron chi connectivity index (χ4n) is 1.41. The second-order valence-corrected chi connectivity index (χ2v) is 3.93. The van der Waals surface area contributed by atoms with Gasteiger partial charge < -0.3 is 5.32 Å². The third-order valence-corrected chi connectivity index (χ3v) is 2.39. The lowest BCUT2D eigenvalue weighted by molar-refractivity contribution is -0.157. The molecule has 0 bridgehead atoms. The van der Waals surface area contributed by atoms with E-state index in [4.69, 9.17) is 0 Å². The first-order valence-corrected chi connectivity index (χ1v) is 5.06. The first-order valence-electron chi connectivity index (χ1n) is 5.06. The van der Waals surface area contributed by atoms with Crippen molar-refractivity contribution in [3.63, 3.8) is 0 Å². The van der Waals surface area contributed by atoms with Gasteiger partial charge in [-0.05, 0) is 24.6 Å². The highest BCUT2D eigenvalue weighted by molar-refractivity contribution is 5.19. The van der Waals surface area contributed by atoms with Crippen LogP contribution in [0.2, 0.25) is 0 Å². The molecule has 0 aliphatic rings.